The second kappa shape index (κ2) is 8.61. The number of carbonyl (C=O) groups excluding carboxylic acids is 3. The molecule has 3 heterocycles. The van der Waals surface area contributed by atoms with Gasteiger partial charge in [0.15, 0.2) is 0 Å². The second-order valence-electron chi connectivity index (χ2n) is 7.94. The van der Waals surface area contributed by atoms with Crippen molar-refractivity contribution < 1.29 is 19.1 Å². The molecule has 29 heavy (non-hydrogen) atoms. The molecule has 3 saturated heterocycles. The third kappa shape index (κ3) is 4.34. The van der Waals surface area contributed by atoms with Crippen LogP contribution in [0.15, 0.2) is 24.3 Å². The van der Waals surface area contributed by atoms with Crippen molar-refractivity contribution >= 4 is 29.5 Å². The van der Waals surface area contributed by atoms with Gasteiger partial charge in [-0.1, -0.05) is 11.6 Å². The monoisotopic (exact) mass is 419 g/mol. The van der Waals surface area contributed by atoms with E-state index in [4.69, 9.17) is 16.3 Å². The number of hydrogen-bond donors (Lipinski definition) is 0. The van der Waals surface area contributed by atoms with Gasteiger partial charge in [-0.3, -0.25) is 9.59 Å². The van der Waals surface area contributed by atoms with Gasteiger partial charge in [-0.2, -0.15) is 0 Å². The number of rotatable bonds is 3. The maximum Gasteiger partial charge on any atom is 0.410 e. The number of carbonyl (C=O) groups is 3. The summed E-state index contributed by atoms with van der Waals surface area (Å²) in [6, 6.07) is 7.09. The lowest BCUT2D eigenvalue weighted by atomic mass is 9.93. The molecular formula is C21H26ClN3O4. The molecule has 3 fully saturated rings. The van der Waals surface area contributed by atoms with Crippen LogP contribution in [0.1, 0.15) is 36.0 Å². The maximum atomic E-state index is 12.9. The van der Waals surface area contributed by atoms with Crippen molar-refractivity contribution in [1.82, 2.24) is 14.7 Å². The zero-order valence-corrected chi connectivity index (χ0v) is 17.1. The molecular weight excluding hydrogens is 394 g/mol. The van der Waals surface area contributed by atoms with Crippen molar-refractivity contribution in [3.05, 3.63) is 34.9 Å². The van der Waals surface area contributed by atoms with Gasteiger partial charge in [0.2, 0.25) is 5.91 Å². The van der Waals surface area contributed by atoms with Gasteiger partial charge in [0.05, 0.1) is 6.54 Å². The highest BCUT2D eigenvalue weighted by molar-refractivity contribution is 6.30. The Balaban J connectivity index is 1.25. The van der Waals surface area contributed by atoms with Gasteiger partial charge in [0.25, 0.3) is 5.91 Å². The number of amides is 3. The molecule has 0 spiro atoms. The van der Waals surface area contributed by atoms with Crippen LogP contribution >= 0.6 is 11.6 Å². The van der Waals surface area contributed by atoms with Crippen LogP contribution in [0.5, 0.6) is 0 Å². The zero-order chi connectivity index (χ0) is 20.4. The SMILES string of the molecule is O=C(c1ccc(Cl)cc1)N1CCC(C(=O)N2CCC(N3CCOC3=O)CC2)CC1. The summed E-state index contributed by atoms with van der Waals surface area (Å²) in [6.07, 6.45) is 2.75. The molecule has 0 atom stereocenters. The van der Waals surface area contributed by atoms with Crippen molar-refractivity contribution in [2.45, 2.75) is 31.7 Å². The Hall–Kier alpha value is -2.28. The van der Waals surface area contributed by atoms with Crippen LogP contribution in [-0.4, -0.2) is 78.0 Å². The molecule has 3 amide bonds. The van der Waals surface area contributed by atoms with Crippen LogP contribution < -0.4 is 0 Å². The molecule has 0 radical (unpaired) electrons. The summed E-state index contributed by atoms with van der Waals surface area (Å²) in [5, 5.41) is 0.608. The highest BCUT2D eigenvalue weighted by atomic mass is 35.5. The second-order valence-corrected chi connectivity index (χ2v) is 8.37. The zero-order valence-electron chi connectivity index (χ0n) is 16.4. The fourth-order valence-corrected chi connectivity index (χ4v) is 4.62. The Kier molecular flexibility index (Phi) is 5.94. The first-order chi connectivity index (χ1) is 14.0. The Morgan fingerprint density at radius 2 is 1.52 bits per heavy atom. The molecule has 0 saturated carbocycles. The Morgan fingerprint density at radius 1 is 0.897 bits per heavy atom. The van der Waals surface area contributed by atoms with E-state index in [0.29, 0.717) is 62.8 Å². The average molecular weight is 420 g/mol. The summed E-state index contributed by atoms with van der Waals surface area (Å²) < 4.78 is 5.02. The lowest BCUT2D eigenvalue weighted by Gasteiger charge is -2.39. The first-order valence-electron chi connectivity index (χ1n) is 10.3. The summed E-state index contributed by atoms with van der Waals surface area (Å²) in [5.41, 5.74) is 0.627. The van der Waals surface area contributed by atoms with Crippen LogP contribution in [0, 0.1) is 5.92 Å². The van der Waals surface area contributed by atoms with Gasteiger partial charge in [-0.25, -0.2) is 4.79 Å². The largest absolute Gasteiger partial charge is 0.448 e. The summed E-state index contributed by atoms with van der Waals surface area (Å²) in [4.78, 5) is 42.8. The molecule has 0 bridgehead atoms. The number of cyclic esters (lactones) is 1. The Morgan fingerprint density at radius 3 is 2.10 bits per heavy atom. The fraction of sp³-hybridized carbons (Fsp3) is 0.571. The Labute approximate surface area is 175 Å². The van der Waals surface area contributed by atoms with Gasteiger partial charge in [0, 0.05) is 48.7 Å². The van der Waals surface area contributed by atoms with Gasteiger partial charge < -0.3 is 19.4 Å². The van der Waals surface area contributed by atoms with Gasteiger partial charge in [0.1, 0.15) is 6.61 Å². The molecule has 156 valence electrons. The highest BCUT2D eigenvalue weighted by Crippen LogP contribution is 2.25. The van der Waals surface area contributed by atoms with E-state index in [0.717, 1.165) is 12.8 Å². The molecule has 1 aromatic carbocycles. The number of nitrogens with zero attached hydrogens (tertiary/aromatic N) is 3. The highest BCUT2D eigenvalue weighted by Gasteiger charge is 2.36. The van der Waals surface area contributed by atoms with Crippen LogP contribution in [0.25, 0.3) is 0 Å². The van der Waals surface area contributed by atoms with Crippen molar-refractivity contribution in [3.8, 4) is 0 Å². The van der Waals surface area contributed by atoms with Crippen molar-refractivity contribution in [3.63, 3.8) is 0 Å². The van der Waals surface area contributed by atoms with E-state index in [2.05, 4.69) is 0 Å². The predicted molar refractivity (Wildman–Crippen MR) is 108 cm³/mol. The maximum absolute atomic E-state index is 12.9. The first-order valence-corrected chi connectivity index (χ1v) is 10.7. The van der Waals surface area contributed by atoms with Crippen molar-refractivity contribution in [2.24, 2.45) is 5.92 Å². The molecule has 0 unspecified atom stereocenters. The minimum atomic E-state index is -0.229. The van der Waals surface area contributed by atoms with E-state index in [-0.39, 0.29) is 29.9 Å². The van der Waals surface area contributed by atoms with Crippen molar-refractivity contribution in [2.75, 3.05) is 39.3 Å². The molecule has 7 nitrogen and oxygen atoms in total. The van der Waals surface area contributed by atoms with Crippen molar-refractivity contribution in [1.29, 1.82) is 0 Å². The molecule has 4 rings (SSSR count). The minimum Gasteiger partial charge on any atom is -0.448 e. The number of benzene rings is 1. The van der Waals surface area contributed by atoms with E-state index in [1.54, 1.807) is 29.2 Å². The van der Waals surface area contributed by atoms with Gasteiger partial charge >= 0.3 is 6.09 Å². The Bertz CT molecular complexity index is 769. The van der Waals surface area contributed by atoms with Crippen LogP contribution in [0.2, 0.25) is 5.02 Å². The molecule has 1 aromatic rings. The normalized spacial score (nSPS) is 21.4. The molecule has 0 N–H and O–H groups in total. The molecule has 0 aliphatic carbocycles. The first kappa shape index (κ1) is 20.0. The van der Waals surface area contributed by atoms with E-state index in [1.165, 1.54) is 0 Å². The summed E-state index contributed by atoms with van der Waals surface area (Å²) in [6.45, 7) is 3.65. The lowest BCUT2D eigenvalue weighted by molar-refractivity contribution is -0.138. The minimum absolute atomic E-state index is 0.00845. The van der Waals surface area contributed by atoms with Gasteiger partial charge in [-0.05, 0) is 49.9 Å². The summed E-state index contributed by atoms with van der Waals surface area (Å²) >= 11 is 5.89. The molecule has 3 aliphatic rings. The lowest BCUT2D eigenvalue weighted by Crippen LogP contribution is -2.50. The third-order valence-electron chi connectivity index (χ3n) is 6.23. The van der Waals surface area contributed by atoms with E-state index in [1.807, 2.05) is 9.80 Å². The number of piperidine rings is 2. The molecule has 8 heteroatoms. The summed E-state index contributed by atoms with van der Waals surface area (Å²) in [5.74, 6) is 0.148. The standard InChI is InChI=1S/C21H26ClN3O4/c22-17-3-1-15(2-4-17)19(26)23-9-5-16(6-10-23)20(27)24-11-7-18(8-12-24)25-13-14-29-21(25)28/h1-4,16,18H,5-14H2. The topological polar surface area (TPSA) is 70.2 Å². The summed E-state index contributed by atoms with van der Waals surface area (Å²) in [7, 11) is 0. The fourth-order valence-electron chi connectivity index (χ4n) is 4.50. The van der Waals surface area contributed by atoms with Crippen LogP contribution in [-0.2, 0) is 9.53 Å². The number of ether oxygens (including phenoxy) is 1. The number of hydrogen-bond acceptors (Lipinski definition) is 4. The quantitative estimate of drug-likeness (QED) is 0.755. The van der Waals surface area contributed by atoms with E-state index >= 15 is 0 Å². The van der Waals surface area contributed by atoms with Crippen LogP contribution in [0.3, 0.4) is 0 Å². The van der Waals surface area contributed by atoms with E-state index < -0.39 is 0 Å². The van der Waals surface area contributed by atoms with E-state index in [9.17, 15) is 14.4 Å². The van der Waals surface area contributed by atoms with Crippen LogP contribution in [0.4, 0.5) is 4.79 Å². The average Bonchev–Trinajstić information content (AvgIpc) is 3.19. The molecule has 0 aromatic heterocycles. The predicted octanol–water partition coefficient (Wildman–Crippen LogP) is 2.64. The smallest absolute Gasteiger partial charge is 0.410 e. The molecule has 3 aliphatic heterocycles. The number of halogens is 1. The number of likely N-dealkylation sites (tertiary alicyclic amines) is 2. The third-order valence-corrected chi connectivity index (χ3v) is 6.48. The van der Waals surface area contributed by atoms with Gasteiger partial charge in [-0.15, -0.1) is 0 Å².